The van der Waals surface area contributed by atoms with Gasteiger partial charge in [-0.25, -0.2) is 0 Å². The van der Waals surface area contributed by atoms with Crippen molar-refractivity contribution in [2.45, 2.75) is 32.6 Å². The van der Waals surface area contributed by atoms with Crippen LogP contribution in [0.1, 0.15) is 32.6 Å². The summed E-state index contributed by atoms with van der Waals surface area (Å²) in [4.78, 5) is 9.55. The van der Waals surface area contributed by atoms with Crippen LogP contribution in [0.4, 0.5) is 0 Å². The SMILES string of the molecule is CCCCC[C-]=O.[Y]. The Hall–Kier alpha value is 0.774. The molecule has 0 aromatic carbocycles. The Kier molecular flexibility index (Phi) is 15.5. The molecule has 0 aliphatic carbocycles. The van der Waals surface area contributed by atoms with Crippen LogP contribution in [0, 0.1) is 0 Å². The Balaban J connectivity index is 0. The number of unbranched alkanes of at least 4 members (excludes halogenated alkanes) is 3. The zero-order valence-corrected chi connectivity index (χ0v) is 8.15. The van der Waals surface area contributed by atoms with Gasteiger partial charge in [0, 0.05) is 32.7 Å². The van der Waals surface area contributed by atoms with Crippen LogP contribution in [-0.4, -0.2) is 6.29 Å². The van der Waals surface area contributed by atoms with Gasteiger partial charge in [0.2, 0.25) is 0 Å². The van der Waals surface area contributed by atoms with Crippen LogP contribution in [0.2, 0.25) is 0 Å². The van der Waals surface area contributed by atoms with Crippen LogP contribution in [0.5, 0.6) is 0 Å². The fourth-order valence-electron chi connectivity index (χ4n) is 0.447. The molecule has 0 atom stereocenters. The maximum Gasteiger partial charge on any atom is 0 e. The molecule has 0 unspecified atom stereocenters. The monoisotopic (exact) mass is 188 g/mol. The van der Waals surface area contributed by atoms with E-state index in [2.05, 4.69) is 6.92 Å². The molecule has 0 saturated carbocycles. The zero-order chi connectivity index (χ0) is 5.54. The molecule has 0 aliphatic heterocycles. The van der Waals surface area contributed by atoms with Gasteiger partial charge < -0.3 is 4.79 Å². The van der Waals surface area contributed by atoms with Gasteiger partial charge in [0.05, 0.1) is 0 Å². The molecule has 1 radical (unpaired) electrons. The van der Waals surface area contributed by atoms with E-state index in [0.717, 1.165) is 12.8 Å². The first-order valence-electron chi connectivity index (χ1n) is 2.76. The van der Waals surface area contributed by atoms with Crippen LogP contribution in [0.15, 0.2) is 0 Å². The Morgan fingerprint density at radius 2 is 2.00 bits per heavy atom. The van der Waals surface area contributed by atoms with Gasteiger partial charge in [-0.2, -0.15) is 6.42 Å². The van der Waals surface area contributed by atoms with Crippen molar-refractivity contribution < 1.29 is 37.5 Å². The van der Waals surface area contributed by atoms with Crippen molar-refractivity contribution in [3.63, 3.8) is 0 Å². The summed E-state index contributed by atoms with van der Waals surface area (Å²) in [6, 6.07) is 0. The Bertz CT molecular complexity index is 45.8. The van der Waals surface area contributed by atoms with Gasteiger partial charge >= 0.3 is 0 Å². The predicted molar refractivity (Wildman–Crippen MR) is 29.8 cm³/mol. The first-order valence-corrected chi connectivity index (χ1v) is 2.76. The first kappa shape index (κ1) is 11.6. The number of hydrogen-bond acceptors (Lipinski definition) is 1. The summed E-state index contributed by atoms with van der Waals surface area (Å²) in [5.41, 5.74) is 0. The second-order valence-electron chi connectivity index (χ2n) is 1.60. The van der Waals surface area contributed by atoms with Crippen molar-refractivity contribution in [2.75, 3.05) is 0 Å². The van der Waals surface area contributed by atoms with Crippen molar-refractivity contribution in [3.05, 3.63) is 0 Å². The molecule has 0 bridgehead atoms. The molecule has 2 heteroatoms. The molecule has 0 N–H and O–H groups in total. The molecule has 0 fully saturated rings. The Morgan fingerprint density at radius 3 is 2.38 bits per heavy atom. The third-order valence-corrected chi connectivity index (χ3v) is 0.882. The average Bonchev–Trinajstić information content (AvgIpc) is 1.69. The van der Waals surface area contributed by atoms with Gasteiger partial charge in [0.15, 0.2) is 0 Å². The number of hydrogen-bond donors (Lipinski definition) is 0. The van der Waals surface area contributed by atoms with Crippen LogP contribution < -0.4 is 0 Å². The van der Waals surface area contributed by atoms with Gasteiger partial charge in [-0.05, 0) is 0 Å². The van der Waals surface area contributed by atoms with E-state index in [0.29, 0.717) is 6.42 Å². The molecular weight excluding hydrogens is 177 g/mol. The van der Waals surface area contributed by atoms with Gasteiger partial charge in [-0.1, -0.05) is 26.2 Å². The third-order valence-electron chi connectivity index (χ3n) is 0.882. The average molecular weight is 188 g/mol. The van der Waals surface area contributed by atoms with Crippen molar-refractivity contribution in [1.82, 2.24) is 0 Å². The summed E-state index contributed by atoms with van der Waals surface area (Å²) >= 11 is 0. The van der Waals surface area contributed by atoms with Gasteiger partial charge in [0.1, 0.15) is 0 Å². The molecule has 1 nitrogen and oxygen atoms in total. The molecular formula is C6H11OY-. The molecule has 0 saturated heterocycles. The topological polar surface area (TPSA) is 17.1 Å². The van der Waals surface area contributed by atoms with E-state index in [-0.39, 0.29) is 32.7 Å². The van der Waals surface area contributed by atoms with Gasteiger partial charge in [0.25, 0.3) is 0 Å². The summed E-state index contributed by atoms with van der Waals surface area (Å²) in [5, 5.41) is 0. The predicted octanol–water partition coefficient (Wildman–Crippen LogP) is 1.67. The molecule has 0 rings (SSSR count). The Labute approximate surface area is 76.1 Å². The van der Waals surface area contributed by atoms with E-state index >= 15 is 0 Å². The quantitative estimate of drug-likeness (QED) is 0.484. The van der Waals surface area contributed by atoms with E-state index in [1.165, 1.54) is 6.42 Å². The third kappa shape index (κ3) is 9.91. The zero-order valence-electron chi connectivity index (χ0n) is 5.31. The minimum absolute atomic E-state index is 0. The summed E-state index contributed by atoms with van der Waals surface area (Å²) in [5.74, 6) is 0. The van der Waals surface area contributed by atoms with E-state index in [1.54, 1.807) is 0 Å². The second kappa shape index (κ2) is 10.7. The van der Waals surface area contributed by atoms with Crippen LogP contribution in [0.3, 0.4) is 0 Å². The van der Waals surface area contributed by atoms with Crippen LogP contribution in [0.25, 0.3) is 0 Å². The fraction of sp³-hybridized carbons (Fsp3) is 0.833. The van der Waals surface area contributed by atoms with Crippen LogP contribution >= 0.6 is 0 Å². The van der Waals surface area contributed by atoms with Crippen molar-refractivity contribution >= 4 is 6.29 Å². The molecule has 8 heavy (non-hydrogen) atoms. The first-order chi connectivity index (χ1) is 3.41. The smallest absolute Gasteiger partial charge is 0 e. The van der Waals surface area contributed by atoms with Crippen molar-refractivity contribution in [3.8, 4) is 0 Å². The Morgan fingerprint density at radius 1 is 1.38 bits per heavy atom. The maximum absolute atomic E-state index is 9.55. The fourth-order valence-corrected chi connectivity index (χ4v) is 0.447. The van der Waals surface area contributed by atoms with Gasteiger partial charge in [-0.15, -0.1) is 0 Å². The van der Waals surface area contributed by atoms with E-state index in [1.807, 2.05) is 6.29 Å². The summed E-state index contributed by atoms with van der Waals surface area (Å²) in [6.07, 6.45) is 5.83. The molecule has 0 spiro atoms. The molecule has 45 valence electrons. The van der Waals surface area contributed by atoms with Crippen molar-refractivity contribution in [2.24, 2.45) is 0 Å². The van der Waals surface area contributed by atoms with Gasteiger partial charge in [-0.3, -0.25) is 6.29 Å². The molecule has 0 aromatic rings. The summed E-state index contributed by atoms with van der Waals surface area (Å²) < 4.78 is 0. The van der Waals surface area contributed by atoms with E-state index in [4.69, 9.17) is 0 Å². The molecule has 0 heterocycles. The minimum Gasteiger partial charge on any atom is -0.542 e. The van der Waals surface area contributed by atoms with E-state index < -0.39 is 0 Å². The van der Waals surface area contributed by atoms with E-state index in [9.17, 15) is 4.79 Å². The second-order valence-corrected chi connectivity index (χ2v) is 1.60. The molecule has 0 aliphatic rings. The van der Waals surface area contributed by atoms with Crippen LogP contribution in [-0.2, 0) is 37.5 Å². The molecule has 0 aromatic heterocycles. The molecule has 0 amide bonds. The maximum atomic E-state index is 9.55. The summed E-state index contributed by atoms with van der Waals surface area (Å²) in [7, 11) is 0. The number of carbonyl (C=O) groups excluding carboxylic acids is 1. The summed E-state index contributed by atoms with van der Waals surface area (Å²) in [6.45, 7) is 2.12. The largest absolute Gasteiger partial charge is 0.542 e. The van der Waals surface area contributed by atoms with Crippen molar-refractivity contribution in [1.29, 1.82) is 0 Å². The normalized spacial score (nSPS) is 7.62. The standard InChI is InChI=1S/C6H11O.Y/c1-2-3-4-5-6-7;/h2-5H2,1H3;/q-1;. The number of rotatable bonds is 4. The minimum atomic E-state index is 0.